The lowest BCUT2D eigenvalue weighted by Crippen LogP contribution is -2.25. The van der Waals surface area contributed by atoms with E-state index in [0.717, 1.165) is 17.8 Å². The van der Waals surface area contributed by atoms with Crippen LogP contribution in [0.2, 0.25) is 0 Å². The molecule has 2 amide bonds. The van der Waals surface area contributed by atoms with Crippen LogP contribution < -0.4 is 10.6 Å². The van der Waals surface area contributed by atoms with Crippen LogP contribution in [0.1, 0.15) is 32.9 Å². The Morgan fingerprint density at radius 1 is 1.13 bits per heavy atom. The van der Waals surface area contributed by atoms with Crippen molar-refractivity contribution in [2.24, 2.45) is 0 Å². The van der Waals surface area contributed by atoms with Gasteiger partial charge in [-0.15, -0.1) is 10.2 Å². The number of aromatic nitrogens is 2. The number of para-hydroxylation sites is 1. The van der Waals surface area contributed by atoms with Crippen LogP contribution >= 0.6 is 11.3 Å². The minimum Gasteiger partial charge on any atom is -0.382 e. The average Bonchev–Trinajstić information content (AvgIpc) is 3.06. The molecular formula is C15H18N4O3S. The van der Waals surface area contributed by atoms with Crippen molar-refractivity contribution in [2.45, 2.75) is 13.3 Å². The molecule has 0 fully saturated rings. The highest BCUT2D eigenvalue weighted by atomic mass is 32.1. The number of nitrogens with zero attached hydrogens (tertiary/aromatic N) is 2. The number of nitrogens with one attached hydrogen (secondary N) is 2. The highest BCUT2D eigenvalue weighted by Crippen LogP contribution is 2.13. The molecule has 0 radical (unpaired) electrons. The summed E-state index contributed by atoms with van der Waals surface area (Å²) < 4.78 is 5.18. The van der Waals surface area contributed by atoms with Gasteiger partial charge < -0.3 is 15.4 Å². The van der Waals surface area contributed by atoms with Gasteiger partial charge in [-0.1, -0.05) is 29.5 Å². The number of hydrogen-bond acceptors (Lipinski definition) is 6. The molecule has 0 aliphatic heterocycles. The van der Waals surface area contributed by atoms with Crippen LogP contribution in [0.3, 0.4) is 0 Å². The van der Waals surface area contributed by atoms with E-state index in [1.54, 1.807) is 12.1 Å². The first-order valence-corrected chi connectivity index (χ1v) is 8.08. The van der Waals surface area contributed by atoms with Crippen molar-refractivity contribution in [3.8, 4) is 0 Å². The lowest BCUT2D eigenvalue weighted by atomic mass is 10.3. The second kappa shape index (κ2) is 8.96. The van der Waals surface area contributed by atoms with Crippen LogP contribution in [0.15, 0.2) is 30.3 Å². The Balaban J connectivity index is 1.84. The summed E-state index contributed by atoms with van der Waals surface area (Å²) in [6.07, 6.45) is 0.722. The van der Waals surface area contributed by atoms with Crippen LogP contribution in [0, 0.1) is 0 Å². The molecule has 0 saturated heterocycles. The van der Waals surface area contributed by atoms with Gasteiger partial charge in [0.15, 0.2) is 0 Å². The topological polar surface area (TPSA) is 93.2 Å². The van der Waals surface area contributed by atoms with E-state index < -0.39 is 0 Å². The fourth-order valence-electron chi connectivity index (χ4n) is 1.71. The summed E-state index contributed by atoms with van der Waals surface area (Å²) in [5.74, 6) is -0.721. The molecule has 7 nitrogen and oxygen atoms in total. The van der Waals surface area contributed by atoms with Crippen molar-refractivity contribution < 1.29 is 14.3 Å². The number of anilines is 1. The van der Waals surface area contributed by atoms with Crippen molar-refractivity contribution in [1.29, 1.82) is 0 Å². The molecular weight excluding hydrogens is 316 g/mol. The monoisotopic (exact) mass is 334 g/mol. The highest BCUT2D eigenvalue weighted by Gasteiger charge is 2.17. The third-order valence-electron chi connectivity index (χ3n) is 2.80. The molecule has 0 bridgehead atoms. The Kier molecular flexibility index (Phi) is 6.64. The molecule has 0 saturated carbocycles. The van der Waals surface area contributed by atoms with Gasteiger partial charge in [-0.3, -0.25) is 9.59 Å². The number of hydrogen-bond donors (Lipinski definition) is 2. The van der Waals surface area contributed by atoms with E-state index >= 15 is 0 Å². The third kappa shape index (κ3) is 5.42. The lowest BCUT2D eigenvalue weighted by molar-refractivity contribution is 0.0942. The summed E-state index contributed by atoms with van der Waals surface area (Å²) in [6.45, 7) is 3.66. The zero-order valence-electron chi connectivity index (χ0n) is 12.7. The van der Waals surface area contributed by atoms with Gasteiger partial charge in [-0.25, -0.2) is 0 Å². The first-order chi connectivity index (χ1) is 11.2. The average molecular weight is 334 g/mol. The maximum atomic E-state index is 12.0. The molecule has 23 heavy (non-hydrogen) atoms. The smallest absolute Gasteiger partial charge is 0.286 e. The van der Waals surface area contributed by atoms with Crippen molar-refractivity contribution in [2.75, 3.05) is 25.1 Å². The molecule has 1 heterocycles. The third-order valence-corrected chi connectivity index (χ3v) is 3.72. The van der Waals surface area contributed by atoms with Crippen LogP contribution in [0.4, 0.5) is 5.69 Å². The second-order valence-electron chi connectivity index (χ2n) is 4.54. The first-order valence-electron chi connectivity index (χ1n) is 7.26. The normalized spacial score (nSPS) is 10.3. The summed E-state index contributed by atoms with van der Waals surface area (Å²) >= 11 is 0.959. The summed E-state index contributed by atoms with van der Waals surface area (Å²) in [4.78, 5) is 23.9. The number of carbonyl (C=O) groups is 2. The molecule has 2 aromatic rings. The highest BCUT2D eigenvalue weighted by molar-refractivity contribution is 7.15. The molecule has 1 aromatic heterocycles. The van der Waals surface area contributed by atoms with Crippen molar-refractivity contribution >= 4 is 28.8 Å². The molecule has 0 aliphatic rings. The molecule has 122 valence electrons. The fourth-order valence-corrected chi connectivity index (χ4v) is 2.36. The molecule has 2 N–H and O–H groups in total. The van der Waals surface area contributed by atoms with Gasteiger partial charge in [0, 0.05) is 25.4 Å². The summed E-state index contributed by atoms with van der Waals surface area (Å²) in [5.41, 5.74) is 0.662. The van der Waals surface area contributed by atoms with Crippen LogP contribution in [0.5, 0.6) is 0 Å². The zero-order valence-corrected chi connectivity index (χ0v) is 13.6. The number of carbonyl (C=O) groups excluding carboxylic acids is 2. The van der Waals surface area contributed by atoms with Gasteiger partial charge in [0.05, 0.1) is 0 Å². The van der Waals surface area contributed by atoms with Gasteiger partial charge in [0.1, 0.15) is 0 Å². The van der Waals surface area contributed by atoms with Crippen LogP contribution in [-0.2, 0) is 4.74 Å². The van der Waals surface area contributed by atoms with E-state index in [2.05, 4.69) is 20.8 Å². The second-order valence-corrected chi connectivity index (χ2v) is 5.52. The first kappa shape index (κ1) is 17.0. The van der Waals surface area contributed by atoms with E-state index in [1.165, 1.54) is 0 Å². The number of ether oxygens (including phenoxy) is 1. The summed E-state index contributed by atoms with van der Waals surface area (Å²) in [5, 5.41) is 13.2. The number of benzene rings is 1. The Labute approximate surface area is 138 Å². The van der Waals surface area contributed by atoms with Gasteiger partial charge in [-0.05, 0) is 25.5 Å². The Hall–Kier alpha value is -2.32. The molecule has 8 heteroatoms. The van der Waals surface area contributed by atoms with E-state index in [4.69, 9.17) is 4.74 Å². The fraction of sp³-hybridized carbons (Fsp3) is 0.333. The van der Waals surface area contributed by atoms with Crippen molar-refractivity contribution in [1.82, 2.24) is 15.5 Å². The van der Waals surface area contributed by atoms with Gasteiger partial charge in [0.2, 0.25) is 10.0 Å². The Morgan fingerprint density at radius 2 is 1.83 bits per heavy atom. The van der Waals surface area contributed by atoms with Crippen molar-refractivity contribution in [3.05, 3.63) is 40.3 Å². The maximum Gasteiger partial charge on any atom is 0.286 e. The summed E-state index contributed by atoms with van der Waals surface area (Å²) in [7, 11) is 0. The lowest BCUT2D eigenvalue weighted by Gasteiger charge is -2.02. The number of amides is 2. The van der Waals surface area contributed by atoms with E-state index in [1.807, 2.05) is 25.1 Å². The Bertz CT molecular complexity index is 645. The van der Waals surface area contributed by atoms with Gasteiger partial charge >= 0.3 is 0 Å². The molecule has 2 rings (SSSR count). The van der Waals surface area contributed by atoms with Gasteiger partial charge in [-0.2, -0.15) is 0 Å². The minimum absolute atomic E-state index is 0.147. The molecule has 0 unspecified atom stereocenters. The predicted molar refractivity (Wildman–Crippen MR) is 87.7 cm³/mol. The SMILES string of the molecule is CCOCCCNC(=O)c1nnc(C(=O)Nc2ccccc2)s1. The Morgan fingerprint density at radius 3 is 2.52 bits per heavy atom. The van der Waals surface area contributed by atoms with E-state index in [-0.39, 0.29) is 21.8 Å². The van der Waals surface area contributed by atoms with Crippen LogP contribution in [0.25, 0.3) is 0 Å². The summed E-state index contributed by atoms with van der Waals surface area (Å²) in [6, 6.07) is 9.03. The minimum atomic E-state index is -0.385. The molecule has 0 spiro atoms. The van der Waals surface area contributed by atoms with E-state index in [9.17, 15) is 9.59 Å². The quantitative estimate of drug-likeness (QED) is 0.720. The van der Waals surface area contributed by atoms with E-state index in [0.29, 0.717) is 25.4 Å². The molecule has 1 aromatic carbocycles. The number of rotatable bonds is 8. The standard InChI is InChI=1S/C15H18N4O3S/c1-2-22-10-6-9-16-12(20)14-18-19-15(23-14)13(21)17-11-7-4-3-5-8-11/h3-5,7-8H,2,6,9-10H2,1H3,(H,16,20)(H,17,21). The molecule has 0 aliphatic carbocycles. The maximum absolute atomic E-state index is 12.0. The van der Waals surface area contributed by atoms with Crippen LogP contribution in [-0.4, -0.2) is 41.8 Å². The van der Waals surface area contributed by atoms with Gasteiger partial charge in [0.25, 0.3) is 11.8 Å². The molecule has 0 atom stereocenters. The van der Waals surface area contributed by atoms with Crippen molar-refractivity contribution in [3.63, 3.8) is 0 Å². The zero-order chi connectivity index (χ0) is 16.5. The largest absolute Gasteiger partial charge is 0.382 e. The predicted octanol–water partition coefficient (Wildman–Crippen LogP) is 1.95.